The molecule has 1 saturated heterocycles. The van der Waals surface area contributed by atoms with Gasteiger partial charge < -0.3 is 5.73 Å². The fourth-order valence-electron chi connectivity index (χ4n) is 3.65. The van der Waals surface area contributed by atoms with Crippen LogP contribution < -0.4 is 5.73 Å². The molecule has 1 amide bonds. The van der Waals surface area contributed by atoms with Gasteiger partial charge in [0.15, 0.2) is 0 Å². The van der Waals surface area contributed by atoms with Crippen molar-refractivity contribution in [3.8, 4) is 0 Å². The largest absolute Gasteiger partial charge is 0.368 e. The number of piperidine rings is 1. The summed E-state index contributed by atoms with van der Waals surface area (Å²) in [6.07, 6.45) is 2.20. The Morgan fingerprint density at radius 2 is 2.08 bits per heavy atom. The zero-order chi connectivity index (χ0) is 17.1. The van der Waals surface area contributed by atoms with Gasteiger partial charge in [0.1, 0.15) is 17.7 Å². The summed E-state index contributed by atoms with van der Waals surface area (Å²) < 4.78 is 1.98. The predicted octanol–water partition coefficient (Wildman–Crippen LogP) is 1.83. The maximum atomic E-state index is 12.1. The van der Waals surface area contributed by atoms with Crippen molar-refractivity contribution in [1.82, 2.24) is 19.7 Å². The maximum Gasteiger partial charge on any atom is 0.239 e. The van der Waals surface area contributed by atoms with Crippen LogP contribution in [0.3, 0.4) is 0 Å². The van der Waals surface area contributed by atoms with E-state index in [1.165, 1.54) is 0 Å². The molecule has 6 heteroatoms. The summed E-state index contributed by atoms with van der Waals surface area (Å²) in [5, 5.41) is 4.46. The summed E-state index contributed by atoms with van der Waals surface area (Å²) in [6.45, 7) is 6.48. The van der Waals surface area contributed by atoms with Crippen molar-refractivity contribution in [1.29, 1.82) is 0 Å². The van der Waals surface area contributed by atoms with Gasteiger partial charge in [-0.05, 0) is 44.7 Å². The molecule has 2 N–H and O–H groups in total. The molecule has 2 aromatic rings. The Morgan fingerprint density at radius 1 is 1.33 bits per heavy atom. The van der Waals surface area contributed by atoms with Crippen molar-refractivity contribution < 1.29 is 4.79 Å². The predicted molar refractivity (Wildman–Crippen MR) is 92.2 cm³/mol. The van der Waals surface area contributed by atoms with E-state index in [1.807, 2.05) is 48.9 Å². The molecule has 128 valence electrons. The van der Waals surface area contributed by atoms with Gasteiger partial charge in [-0.1, -0.05) is 30.3 Å². The summed E-state index contributed by atoms with van der Waals surface area (Å²) in [4.78, 5) is 18.7. The minimum Gasteiger partial charge on any atom is -0.368 e. The lowest BCUT2D eigenvalue weighted by Gasteiger charge is -2.37. The molecule has 24 heavy (non-hydrogen) atoms. The number of hydrogen-bond donors (Lipinski definition) is 1. The molecule has 6 nitrogen and oxygen atoms in total. The van der Waals surface area contributed by atoms with Crippen LogP contribution in [0, 0.1) is 19.8 Å². The van der Waals surface area contributed by atoms with Crippen LogP contribution in [0.5, 0.6) is 0 Å². The topological polar surface area (TPSA) is 77.0 Å². The average Bonchev–Trinajstić information content (AvgIpc) is 2.86. The highest BCUT2D eigenvalue weighted by Crippen LogP contribution is 2.27. The number of nitrogens with two attached hydrogens (primary N) is 1. The van der Waals surface area contributed by atoms with Crippen molar-refractivity contribution in [3.05, 3.63) is 47.5 Å². The highest BCUT2D eigenvalue weighted by Gasteiger charge is 2.30. The molecule has 1 aliphatic rings. The van der Waals surface area contributed by atoms with Crippen molar-refractivity contribution >= 4 is 5.91 Å². The van der Waals surface area contributed by atoms with Crippen molar-refractivity contribution in [3.63, 3.8) is 0 Å². The van der Waals surface area contributed by atoms with Gasteiger partial charge in [-0.3, -0.25) is 9.69 Å². The van der Waals surface area contributed by atoms with Crippen LogP contribution >= 0.6 is 0 Å². The SMILES string of the molecule is Cc1nc(C)n(C[C@@H]2CCCN([C@@H](C(N)=O)c3ccccc3)C2)n1. The summed E-state index contributed by atoms with van der Waals surface area (Å²) >= 11 is 0. The average molecular weight is 327 g/mol. The van der Waals surface area contributed by atoms with E-state index in [0.717, 1.165) is 49.7 Å². The molecule has 0 unspecified atom stereocenters. The fraction of sp³-hybridized carbons (Fsp3) is 0.500. The Balaban J connectivity index is 1.74. The highest BCUT2D eigenvalue weighted by molar-refractivity contribution is 5.81. The van der Waals surface area contributed by atoms with Crippen LogP contribution in [0.2, 0.25) is 0 Å². The van der Waals surface area contributed by atoms with Crippen molar-refractivity contribution in [2.45, 2.75) is 39.3 Å². The summed E-state index contributed by atoms with van der Waals surface area (Å²) in [5.74, 6) is 1.91. The van der Waals surface area contributed by atoms with Gasteiger partial charge in [0.05, 0.1) is 0 Å². The van der Waals surface area contributed by atoms with Crippen LogP contribution in [-0.4, -0.2) is 38.7 Å². The third-order valence-electron chi connectivity index (χ3n) is 4.69. The molecule has 1 fully saturated rings. The molecule has 1 aliphatic heterocycles. The second-order valence-corrected chi connectivity index (χ2v) is 6.61. The van der Waals surface area contributed by atoms with Crippen LogP contribution in [0.4, 0.5) is 0 Å². The van der Waals surface area contributed by atoms with E-state index in [9.17, 15) is 4.79 Å². The van der Waals surface area contributed by atoms with Crippen molar-refractivity contribution in [2.24, 2.45) is 11.7 Å². The minimum atomic E-state index is -0.354. The monoisotopic (exact) mass is 327 g/mol. The van der Waals surface area contributed by atoms with E-state index in [-0.39, 0.29) is 11.9 Å². The summed E-state index contributed by atoms with van der Waals surface area (Å²) in [7, 11) is 0. The van der Waals surface area contributed by atoms with Gasteiger partial charge in [-0.25, -0.2) is 9.67 Å². The molecular formula is C18H25N5O. The first-order chi connectivity index (χ1) is 11.5. The molecule has 1 aromatic carbocycles. The number of rotatable bonds is 5. The first-order valence-corrected chi connectivity index (χ1v) is 8.51. The number of benzene rings is 1. The molecule has 0 bridgehead atoms. The van der Waals surface area contributed by atoms with Crippen LogP contribution in [0.25, 0.3) is 0 Å². The number of carbonyl (C=O) groups excluding carboxylic acids is 1. The lowest BCUT2D eigenvalue weighted by Crippen LogP contribution is -2.44. The highest BCUT2D eigenvalue weighted by atomic mass is 16.1. The lowest BCUT2D eigenvalue weighted by molar-refractivity contribution is -0.124. The Bertz CT molecular complexity index is 697. The number of aryl methyl sites for hydroxylation is 2. The van der Waals surface area contributed by atoms with E-state index in [4.69, 9.17) is 5.73 Å². The number of primary amides is 1. The molecule has 3 rings (SSSR count). The molecule has 0 radical (unpaired) electrons. The number of amides is 1. The number of hydrogen-bond acceptors (Lipinski definition) is 4. The smallest absolute Gasteiger partial charge is 0.239 e. The Labute approximate surface area is 142 Å². The minimum absolute atomic E-state index is 0.283. The summed E-state index contributed by atoms with van der Waals surface area (Å²) in [5.41, 5.74) is 6.69. The number of aromatic nitrogens is 3. The van der Waals surface area contributed by atoms with E-state index in [2.05, 4.69) is 15.0 Å². The van der Waals surface area contributed by atoms with Crippen molar-refractivity contribution in [2.75, 3.05) is 13.1 Å². The zero-order valence-corrected chi connectivity index (χ0v) is 14.4. The number of nitrogens with zero attached hydrogens (tertiary/aromatic N) is 4. The summed E-state index contributed by atoms with van der Waals surface area (Å²) in [6, 6.07) is 9.46. The molecular weight excluding hydrogens is 302 g/mol. The van der Waals surface area contributed by atoms with Crippen LogP contribution in [0.1, 0.15) is 36.1 Å². The zero-order valence-electron chi connectivity index (χ0n) is 14.4. The van der Waals surface area contributed by atoms with Gasteiger partial charge in [0, 0.05) is 13.1 Å². The molecule has 0 spiro atoms. The molecule has 2 atom stereocenters. The van der Waals surface area contributed by atoms with E-state index in [0.29, 0.717) is 5.92 Å². The van der Waals surface area contributed by atoms with Gasteiger partial charge in [0.2, 0.25) is 5.91 Å². The first kappa shape index (κ1) is 16.6. The second kappa shape index (κ2) is 7.13. The number of likely N-dealkylation sites (tertiary alicyclic amines) is 1. The molecule has 1 aromatic heterocycles. The molecule has 0 aliphatic carbocycles. The fourth-order valence-corrected chi connectivity index (χ4v) is 3.65. The van der Waals surface area contributed by atoms with Gasteiger partial charge >= 0.3 is 0 Å². The molecule has 0 saturated carbocycles. The van der Waals surface area contributed by atoms with E-state index < -0.39 is 0 Å². The van der Waals surface area contributed by atoms with Crippen LogP contribution in [-0.2, 0) is 11.3 Å². The first-order valence-electron chi connectivity index (χ1n) is 8.51. The Hall–Kier alpha value is -2.21. The number of carbonyl (C=O) groups is 1. The van der Waals surface area contributed by atoms with Gasteiger partial charge in [-0.15, -0.1) is 0 Å². The third-order valence-corrected chi connectivity index (χ3v) is 4.69. The van der Waals surface area contributed by atoms with E-state index in [1.54, 1.807) is 0 Å². The quantitative estimate of drug-likeness (QED) is 0.909. The van der Waals surface area contributed by atoms with Gasteiger partial charge in [-0.2, -0.15) is 5.10 Å². The second-order valence-electron chi connectivity index (χ2n) is 6.61. The normalized spacial score (nSPS) is 20.0. The Morgan fingerprint density at radius 3 is 2.71 bits per heavy atom. The Kier molecular flexibility index (Phi) is 4.94. The van der Waals surface area contributed by atoms with Crippen LogP contribution in [0.15, 0.2) is 30.3 Å². The third kappa shape index (κ3) is 3.64. The maximum absolute atomic E-state index is 12.1. The molecule has 2 heterocycles. The lowest BCUT2D eigenvalue weighted by atomic mass is 9.94. The standard InChI is InChI=1S/C18H25N5O/c1-13-20-14(2)23(21-13)12-15-7-6-10-22(11-15)17(18(19)24)16-8-4-3-5-9-16/h3-5,8-9,15,17H,6-7,10-12H2,1-2H3,(H2,19,24)/t15-,17-/m1/s1. The van der Waals surface area contributed by atoms with Gasteiger partial charge in [0.25, 0.3) is 0 Å². The van der Waals surface area contributed by atoms with E-state index >= 15 is 0 Å².